The summed E-state index contributed by atoms with van der Waals surface area (Å²) in [6.07, 6.45) is 1.90. The average molecular weight is 829 g/mol. The summed E-state index contributed by atoms with van der Waals surface area (Å²) in [5, 5.41) is 15.9. The fraction of sp³-hybridized carbons (Fsp3) is 0.513. The minimum Gasteiger partial charge on any atom is -0.480 e. The van der Waals surface area contributed by atoms with Gasteiger partial charge in [-0.2, -0.15) is 0 Å². The Kier molecular flexibility index (Phi) is 11.6. The number of carbonyl (C=O) groups is 5. The molecular weight excluding hydrogens is 781 g/mol. The molecule has 306 valence electrons. The molecule has 57 heavy (non-hydrogen) atoms. The minimum absolute atomic E-state index is 0.0115. The molecule has 1 aliphatic carbocycles. The molecule has 1 saturated carbocycles. The summed E-state index contributed by atoms with van der Waals surface area (Å²) in [5.41, 5.74) is 5.29. The normalized spacial score (nSPS) is 27.7. The van der Waals surface area contributed by atoms with Crippen LogP contribution in [0.15, 0.2) is 54.6 Å². The molecule has 2 unspecified atom stereocenters. The zero-order valence-electron chi connectivity index (χ0n) is 31.6. The molecule has 3 aliphatic heterocycles. The Balaban J connectivity index is 1.10. The number of carbonyl (C=O) groups excluding carboxylic acids is 4. The van der Waals surface area contributed by atoms with Gasteiger partial charge in [-0.15, -0.1) is 11.3 Å². The lowest BCUT2D eigenvalue weighted by atomic mass is 9.99. The lowest BCUT2D eigenvalue weighted by Gasteiger charge is -2.35. The second-order valence-electron chi connectivity index (χ2n) is 15.5. The number of carboxylic acid groups (broad SMARTS) is 1. The SMILES string of the molecule is CCCN([C@@H](C)C(=O)O)P(=O)(Oc1ccccc1)C(F)c1ccc2sc(C(=O)N[C@H]3C[C@@H]4C[C@@H]4C[C@H]4CC[C@@H](C(=O)N[C@H]5CN(C(N)=O)C[C@@H]5F)N4C3=O)cc2c1. The molecule has 2 aromatic carbocycles. The zero-order chi connectivity index (χ0) is 40.8. The first-order valence-electron chi connectivity index (χ1n) is 19.3. The second kappa shape index (κ2) is 16.3. The predicted molar refractivity (Wildman–Crippen MR) is 208 cm³/mol. The summed E-state index contributed by atoms with van der Waals surface area (Å²) in [7, 11) is -4.56. The first-order valence-corrected chi connectivity index (χ1v) is 21.8. The summed E-state index contributed by atoms with van der Waals surface area (Å²) in [4.78, 5) is 68.3. The standard InChI is InChI=1S/C39H47F2N6O8PS/c1-3-13-46(21(2)38(51)52)56(54,55-27-7-5-4-6-8-27)34(41)22-9-12-32-25(14-22)18-33(57-32)36(49)43-29-17-24-15-23(24)16-26-10-11-31(47(26)37(29)50)35(48)44-30-20-45(39(42)53)19-28(30)40/h4-9,12,14,18,21,23-24,26,28-31,34H,3,10-11,13,15-17,19-20H2,1-2H3,(H2,42,53)(H,43,49)(H,44,48)(H,51,52)/t21-,23+,24-,26+,28-,29-,30-,31-,34?,56?/m0/s1. The highest BCUT2D eigenvalue weighted by Crippen LogP contribution is 2.64. The van der Waals surface area contributed by atoms with Gasteiger partial charge in [0.25, 0.3) is 5.91 Å². The molecule has 5 N–H and O–H groups in total. The number of amides is 5. The Morgan fingerprint density at radius 3 is 2.47 bits per heavy atom. The third kappa shape index (κ3) is 8.24. The Morgan fingerprint density at radius 1 is 1.05 bits per heavy atom. The van der Waals surface area contributed by atoms with Crippen LogP contribution in [0.1, 0.15) is 73.5 Å². The number of nitrogens with zero attached hydrogens (tertiary/aromatic N) is 3. The molecule has 0 radical (unpaired) electrons. The van der Waals surface area contributed by atoms with E-state index >= 15 is 4.39 Å². The molecule has 4 fully saturated rings. The average Bonchev–Trinajstić information content (AvgIpc) is 3.46. The highest BCUT2D eigenvalue weighted by atomic mass is 32.1. The van der Waals surface area contributed by atoms with E-state index < -0.39 is 67.6 Å². The van der Waals surface area contributed by atoms with Crippen LogP contribution in [0.25, 0.3) is 10.1 Å². The summed E-state index contributed by atoms with van der Waals surface area (Å²) in [6, 6.07) is 9.01. The third-order valence-electron chi connectivity index (χ3n) is 11.7. The number of nitrogens with one attached hydrogen (secondary N) is 2. The monoisotopic (exact) mass is 828 g/mol. The number of halogens is 2. The van der Waals surface area contributed by atoms with E-state index in [1.807, 2.05) is 0 Å². The topological polar surface area (TPSA) is 192 Å². The quantitative estimate of drug-likeness (QED) is 0.163. The van der Waals surface area contributed by atoms with Gasteiger partial charge in [0.1, 0.15) is 30.0 Å². The highest BCUT2D eigenvalue weighted by Gasteiger charge is 2.52. The number of thiophene rings is 1. The van der Waals surface area contributed by atoms with E-state index in [4.69, 9.17) is 10.3 Å². The molecular formula is C39H47F2N6O8PS. The van der Waals surface area contributed by atoms with Gasteiger partial charge in [-0.05, 0) is 98.6 Å². The predicted octanol–water partition coefficient (Wildman–Crippen LogP) is 5.43. The van der Waals surface area contributed by atoms with Crippen molar-refractivity contribution in [3.63, 3.8) is 0 Å². The number of aliphatic carboxylic acids is 1. The molecule has 3 saturated heterocycles. The Bertz CT molecular complexity index is 2090. The van der Waals surface area contributed by atoms with Gasteiger partial charge in [-0.25, -0.2) is 18.2 Å². The van der Waals surface area contributed by atoms with E-state index in [2.05, 4.69) is 10.6 Å². The molecule has 0 bridgehead atoms. The van der Waals surface area contributed by atoms with Crippen LogP contribution < -0.4 is 20.9 Å². The number of primary amides is 1. The molecule has 1 aromatic heterocycles. The summed E-state index contributed by atoms with van der Waals surface area (Å²) in [5.74, 6) is -4.24. The van der Waals surface area contributed by atoms with Crippen molar-refractivity contribution in [1.29, 1.82) is 0 Å². The Morgan fingerprint density at radius 2 is 1.79 bits per heavy atom. The first kappa shape index (κ1) is 40.6. The number of likely N-dealkylation sites (tertiary alicyclic amines) is 1. The van der Waals surface area contributed by atoms with E-state index in [9.17, 15) is 38.0 Å². The van der Waals surface area contributed by atoms with Crippen molar-refractivity contribution < 1.29 is 46.9 Å². The number of carboxylic acids is 1. The Hall–Kier alpha value is -4.60. The van der Waals surface area contributed by atoms with Crippen LogP contribution in [0.3, 0.4) is 0 Å². The van der Waals surface area contributed by atoms with E-state index in [0.29, 0.717) is 41.7 Å². The van der Waals surface area contributed by atoms with Gasteiger partial charge < -0.3 is 35.8 Å². The fourth-order valence-corrected chi connectivity index (χ4v) is 12.0. The maximum absolute atomic E-state index is 16.8. The summed E-state index contributed by atoms with van der Waals surface area (Å²) in [6.45, 7) is 2.78. The molecule has 7 rings (SSSR count). The second-order valence-corrected chi connectivity index (χ2v) is 18.9. The van der Waals surface area contributed by atoms with Crippen LogP contribution in [0.5, 0.6) is 5.75 Å². The Labute approximate surface area is 332 Å². The maximum atomic E-state index is 16.8. The minimum atomic E-state index is -4.56. The number of hydrogen-bond donors (Lipinski definition) is 4. The molecule has 4 aliphatic rings. The van der Waals surface area contributed by atoms with Crippen molar-refractivity contribution in [3.8, 4) is 5.75 Å². The van der Waals surface area contributed by atoms with Gasteiger partial charge in [0, 0.05) is 23.8 Å². The highest BCUT2D eigenvalue weighted by molar-refractivity contribution is 7.57. The van der Waals surface area contributed by atoms with Crippen molar-refractivity contribution in [2.45, 2.75) is 94.7 Å². The molecule has 5 amide bonds. The lowest BCUT2D eigenvalue weighted by molar-refractivity contribution is -0.143. The van der Waals surface area contributed by atoms with Crippen LogP contribution in [0.2, 0.25) is 0 Å². The van der Waals surface area contributed by atoms with E-state index in [1.54, 1.807) is 42.2 Å². The van der Waals surface area contributed by atoms with Crippen molar-refractivity contribution in [3.05, 3.63) is 65.0 Å². The number of para-hydroxylation sites is 1. The molecule has 3 aromatic rings. The van der Waals surface area contributed by atoms with E-state index in [1.165, 1.54) is 31.2 Å². The number of urea groups is 1. The largest absolute Gasteiger partial charge is 0.480 e. The van der Waals surface area contributed by atoms with Crippen molar-refractivity contribution in [2.75, 3.05) is 19.6 Å². The molecule has 4 heterocycles. The van der Waals surface area contributed by atoms with Gasteiger partial charge in [0.05, 0.1) is 17.5 Å². The van der Waals surface area contributed by atoms with Crippen molar-refractivity contribution in [1.82, 2.24) is 25.1 Å². The lowest BCUT2D eigenvalue weighted by Crippen LogP contribution is -2.58. The number of nitrogens with two attached hydrogens (primary N) is 1. The zero-order valence-corrected chi connectivity index (χ0v) is 33.3. The number of rotatable bonds is 13. The molecule has 10 atom stereocenters. The smallest absolute Gasteiger partial charge is 0.358 e. The van der Waals surface area contributed by atoms with Crippen LogP contribution >= 0.6 is 18.9 Å². The fourth-order valence-electron chi connectivity index (χ4n) is 8.54. The molecule has 18 heteroatoms. The van der Waals surface area contributed by atoms with Crippen LogP contribution in [0.4, 0.5) is 13.6 Å². The molecule has 0 spiro atoms. The van der Waals surface area contributed by atoms with Gasteiger partial charge >= 0.3 is 19.5 Å². The first-order chi connectivity index (χ1) is 27.2. The number of benzene rings is 2. The van der Waals surface area contributed by atoms with Crippen molar-refractivity contribution in [2.24, 2.45) is 17.6 Å². The maximum Gasteiger partial charge on any atom is 0.358 e. The molecule has 14 nitrogen and oxygen atoms in total. The van der Waals surface area contributed by atoms with Gasteiger partial charge in [0.15, 0.2) is 0 Å². The van der Waals surface area contributed by atoms with Gasteiger partial charge in [-0.1, -0.05) is 31.2 Å². The number of hydrogen-bond acceptors (Lipinski definition) is 8. The van der Waals surface area contributed by atoms with Crippen LogP contribution in [-0.4, -0.2) is 105 Å². The number of alkyl halides is 2. The van der Waals surface area contributed by atoms with E-state index in [-0.39, 0.29) is 53.7 Å². The number of fused-ring (bicyclic) bond motifs is 3. The van der Waals surface area contributed by atoms with Gasteiger partial charge in [-0.3, -0.25) is 23.7 Å². The summed E-state index contributed by atoms with van der Waals surface area (Å²) < 4.78 is 53.8. The van der Waals surface area contributed by atoms with Crippen LogP contribution in [-0.2, 0) is 18.9 Å². The van der Waals surface area contributed by atoms with E-state index in [0.717, 1.165) is 33.7 Å². The summed E-state index contributed by atoms with van der Waals surface area (Å²) >= 11 is 1.13. The third-order valence-corrected chi connectivity index (χ3v) is 15.4. The van der Waals surface area contributed by atoms with Gasteiger partial charge in [0.2, 0.25) is 17.7 Å². The van der Waals surface area contributed by atoms with Crippen molar-refractivity contribution >= 4 is 58.7 Å². The van der Waals surface area contributed by atoms with Crippen LogP contribution in [0, 0.1) is 11.8 Å².